The summed E-state index contributed by atoms with van der Waals surface area (Å²) in [5.74, 6) is -3.25. The third-order valence-electron chi connectivity index (χ3n) is 2.55. The van der Waals surface area contributed by atoms with E-state index in [1.54, 1.807) is 0 Å². The smallest absolute Gasteiger partial charge is 0.333 e. The summed E-state index contributed by atoms with van der Waals surface area (Å²) in [6, 6.07) is -0.516. The van der Waals surface area contributed by atoms with Crippen molar-refractivity contribution in [3.63, 3.8) is 0 Å². The number of nitrogens with two attached hydrogens (primary N) is 1. The van der Waals surface area contributed by atoms with Crippen molar-refractivity contribution in [1.29, 1.82) is 0 Å². The minimum atomic E-state index is -1.78. The Morgan fingerprint density at radius 2 is 2.07 bits per heavy atom. The van der Waals surface area contributed by atoms with Gasteiger partial charge in [-0.2, -0.15) is 0 Å². The minimum absolute atomic E-state index is 0.172. The van der Waals surface area contributed by atoms with Gasteiger partial charge in [0.25, 0.3) is 5.79 Å². The fraction of sp³-hybridized carbons (Fsp3) is 0.556. The van der Waals surface area contributed by atoms with Crippen LogP contribution in [-0.4, -0.2) is 35.0 Å². The summed E-state index contributed by atoms with van der Waals surface area (Å²) in [5, 5.41) is 9.94. The standard InChI is InChI=1S/C9H11NO5/c10-5-3-4-9(13)8(5)14-6(11)1-2-7(12)15-9/h1-2,5,8,13H,3-4,10H2/b2-1-/t5-,8?,9+/m0/s1. The summed E-state index contributed by atoms with van der Waals surface area (Å²) in [4.78, 5) is 22.2. The molecule has 1 unspecified atom stereocenters. The van der Waals surface area contributed by atoms with E-state index in [1.807, 2.05) is 0 Å². The highest BCUT2D eigenvalue weighted by molar-refractivity contribution is 5.92. The number of carbonyl (C=O) groups is 2. The van der Waals surface area contributed by atoms with Gasteiger partial charge < -0.3 is 20.3 Å². The average Bonchev–Trinajstić information content (AvgIpc) is 2.41. The summed E-state index contributed by atoms with van der Waals surface area (Å²) in [6.07, 6.45) is 1.49. The van der Waals surface area contributed by atoms with Crippen LogP contribution in [0.25, 0.3) is 0 Å². The molecular formula is C9H11NO5. The summed E-state index contributed by atoms with van der Waals surface area (Å²) >= 11 is 0. The van der Waals surface area contributed by atoms with Gasteiger partial charge in [-0.15, -0.1) is 0 Å². The van der Waals surface area contributed by atoms with E-state index in [1.165, 1.54) is 0 Å². The topological polar surface area (TPSA) is 98.9 Å². The van der Waals surface area contributed by atoms with Crippen LogP contribution in [-0.2, 0) is 19.1 Å². The van der Waals surface area contributed by atoms with E-state index < -0.39 is 29.9 Å². The molecule has 6 heteroatoms. The van der Waals surface area contributed by atoms with Gasteiger partial charge in [0.1, 0.15) is 0 Å². The summed E-state index contributed by atoms with van der Waals surface area (Å²) in [6.45, 7) is 0. The Morgan fingerprint density at radius 1 is 1.40 bits per heavy atom. The summed E-state index contributed by atoms with van der Waals surface area (Å²) < 4.78 is 9.69. The van der Waals surface area contributed by atoms with E-state index in [0.29, 0.717) is 6.42 Å². The van der Waals surface area contributed by atoms with Crippen molar-refractivity contribution in [2.75, 3.05) is 0 Å². The predicted molar refractivity (Wildman–Crippen MR) is 47.3 cm³/mol. The first kappa shape index (κ1) is 10.1. The van der Waals surface area contributed by atoms with Crippen molar-refractivity contribution in [2.45, 2.75) is 30.8 Å². The van der Waals surface area contributed by atoms with Crippen LogP contribution >= 0.6 is 0 Å². The second-order valence-electron chi connectivity index (χ2n) is 3.66. The van der Waals surface area contributed by atoms with Crippen LogP contribution in [0, 0.1) is 0 Å². The molecule has 0 bridgehead atoms. The lowest BCUT2D eigenvalue weighted by Crippen LogP contribution is -2.51. The van der Waals surface area contributed by atoms with E-state index in [-0.39, 0.29) is 6.42 Å². The van der Waals surface area contributed by atoms with E-state index in [4.69, 9.17) is 15.2 Å². The van der Waals surface area contributed by atoms with Gasteiger partial charge in [0.2, 0.25) is 0 Å². The first-order valence-corrected chi connectivity index (χ1v) is 4.61. The molecule has 1 saturated carbocycles. The molecule has 0 amide bonds. The molecule has 15 heavy (non-hydrogen) atoms. The molecule has 1 heterocycles. The molecule has 2 rings (SSSR count). The Bertz CT molecular complexity index is 339. The molecule has 3 N–H and O–H groups in total. The summed E-state index contributed by atoms with van der Waals surface area (Å²) in [5.41, 5.74) is 5.65. The van der Waals surface area contributed by atoms with Crippen LogP contribution in [0.2, 0.25) is 0 Å². The maximum atomic E-state index is 11.1. The molecule has 0 radical (unpaired) electrons. The zero-order valence-corrected chi connectivity index (χ0v) is 7.88. The Balaban J connectivity index is 2.31. The van der Waals surface area contributed by atoms with Crippen molar-refractivity contribution >= 4 is 11.9 Å². The lowest BCUT2D eigenvalue weighted by atomic mass is 10.1. The molecule has 1 aliphatic heterocycles. The molecule has 3 atom stereocenters. The molecule has 0 saturated heterocycles. The molecule has 2 aliphatic rings. The number of esters is 2. The quantitative estimate of drug-likeness (QED) is 0.491. The van der Waals surface area contributed by atoms with Crippen LogP contribution in [0.3, 0.4) is 0 Å². The van der Waals surface area contributed by atoms with Crippen molar-refractivity contribution < 1.29 is 24.2 Å². The third kappa shape index (κ3) is 1.73. The molecular weight excluding hydrogens is 202 g/mol. The van der Waals surface area contributed by atoms with Gasteiger partial charge in [0.05, 0.1) is 0 Å². The second-order valence-corrected chi connectivity index (χ2v) is 3.66. The van der Waals surface area contributed by atoms with Crippen molar-refractivity contribution in [3.8, 4) is 0 Å². The number of rotatable bonds is 0. The van der Waals surface area contributed by atoms with Gasteiger partial charge in [0, 0.05) is 24.6 Å². The lowest BCUT2D eigenvalue weighted by Gasteiger charge is -2.30. The van der Waals surface area contributed by atoms with Crippen LogP contribution in [0.5, 0.6) is 0 Å². The largest absolute Gasteiger partial charge is 0.450 e. The van der Waals surface area contributed by atoms with Crippen LogP contribution in [0.1, 0.15) is 12.8 Å². The SMILES string of the molecule is N[C@H]1CC[C@@]2(O)OC(=O)/C=C\C(=O)OC12. The van der Waals surface area contributed by atoms with Gasteiger partial charge in [-0.1, -0.05) is 0 Å². The normalized spacial score (nSPS) is 42.3. The molecule has 1 fully saturated rings. The maximum Gasteiger partial charge on any atom is 0.333 e. The molecule has 0 aromatic rings. The fourth-order valence-corrected chi connectivity index (χ4v) is 1.80. The highest BCUT2D eigenvalue weighted by Crippen LogP contribution is 2.33. The van der Waals surface area contributed by atoms with Crippen LogP contribution < -0.4 is 5.73 Å². The number of fused-ring (bicyclic) bond motifs is 1. The first-order valence-electron chi connectivity index (χ1n) is 4.61. The molecule has 0 aromatic carbocycles. The minimum Gasteiger partial charge on any atom is -0.450 e. The number of aliphatic hydroxyl groups is 1. The van der Waals surface area contributed by atoms with Gasteiger partial charge in [-0.05, 0) is 6.42 Å². The molecule has 1 aliphatic carbocycles. The molecule has 6 nitrogen and oxygen atoms in total. The number of carbonyl (C=O) groups excluding carboxylic acids is 2. The van der Waals surface area contributed by atoms with Crippen LogP contribution in [0.4, 0.5) is 0 Å². The maximum absolute atomic E-state index is 11.1. The Labute approximate surface area is 85.6 Å². The van der Waals surface area contributed by atoms with Crippen LogP contribution in [0.15, 0.2) is 12.2 Å². The van der Waals surface area contributed by atoms with Gasteiger partial charge in [-0.25, -0.2) is 9.59 Å². The van der Waals surface area contributed by atoms with Gasteiger partial charge in [-0.3, -0.25) is 0 Å². The Hall–Kier alpha value is -1.40. The van der Waals surface area contributed by atoms with E-state index in [9.17, 15) is 14.7 Å². The number of hydrogen-bond donors (Lipinski definition) is 2. The van der Waals surface area contributed by atoms with Crippen molar-refractivity contribution in [2.24, 2.45) is 5.73 Å². The highest BCUT2D eigenvalue weighted by Gasteiger charge is 2.52. The van der Waals surface area contributed by atoms with Crippen molar-refractivity contribution in [3.05, 3.63) is 12.2 Å². The monoisotopic (exact) mass is 213 g/mol. The molecule has 82 valence electrons. The zero-order chi connectivity index (χ0) is 11.1. The fourth-order valence-electron chi connectivity index (χ4n) is 1.80. The van der Waals surface area contributed by atoms with Gasteiger partial charge in [0.15, 0.2) is 6.10 Å². The zero-order valence-electron chi connectivity index (χ0n) is 7.88. The highest BCUT2D eigenvalue weighted by atomic mass is 16.7. The molecule has 0 aromatic heterocycles. The predicted octanol–water partition coefficient (Wildman–Crippen LogP) is -1.18. The van der Waals surface area contributed by atoms with Crippen molar-refractivity contribution in [1.82, 2.24) is 0 Å². The van der Waals surface area contributed by atoms with E-state index in [0.717, 1.165) is 12.2 Å². The number of hydrogen-bond acceptors (Lipinski definition) is 6. The van der Waals surface area contributed by atoms with Gasteiger partial charge >= 0.3 is 11.9 Å². The van der Waals surface area contributed by atoms with E-state index >= 15 is 0 Å². The first-order chi connectivity index (χ1) is 7.01. The second kappa shape index (κ2) is 3.32. The third-order valence-corrected chi connectivity index (χ3v) is 2.55. The molecule has 0 spiro atoms. The average molecular weight is 213 g/mol. The summed E-state index contributed by atoms with van der Waals surface area (Å²) in [7, 11) is 0. The lowest BCUT2D eigenvalue weighted by molar-refractivity contribution is -0.241. The van der Waals surface area contributed by atoms with E-state index in [2.05, 4.69) is 0 Å². The number of ether oxygens (including phenoxy) is 2. The Morgan fingerprint density at radius 3 is 2.80 bits per heavy atom. The Kier molecular flexibility index (Phi) is 2.24.